The van der Waals surface area contributed by atoms with E-state index in [4.69, 9.17) is 4.74 Å². The van der Waals surface area contributed by atoms with Crippen LogP contribution in [0, 0.1) is 6.92 Å². The van der Waals surface area contributed by atoms with Crippen LogP contribution in [-0.4, -0.2) is 36.1 Å². The number of pyridine rings is 1. The summed E-state index contributed by atoms with van der Waals surface area (Å²) < 4.78 is 4.77. The summed E-state index contributed by atoms with van der Waals surface area (Å²) in [5, 5.41) is 0. The molecule has 0 N–H and O–H groups in total. The Balaban J connectivity index is 2.67. The van der Waals surface area contributed by atoms with Gasteiger partial charge in [0.05, 0.1) is 12.8 Å². The smallest absolute Gasteiger partial charge is 0.333 e. The van der Waals surface area contributed by atoms with Crippen molar-refractivity contribution in [1.29, 1.82) is 0 Å². The van der Waals surface area contributed by atoms with Crippen LogP contribution in [0.3, 0.4) is 0 Å². The molecular formula is C16H24N2O2. The Morgan fingerprint density at radius 2 is 2.15 bits per heavy atom. The molecule has 110 valence electrons. The molecule has 0 saturated carbocycles. The molecular weight excluding hydrogens is 252 g/mol. The lowest BCUT2D eigenvalue weighted by molar-refractivity contribution is -0.136. The Morgan fingerprint density at radius 3 is 2.70 bits per heavy atom. The molecule has 0 amide bonds. The van der Waals surface area contributed by atoms with Gasteiger partial charge in [-0.2, -0.15) is 0 Å². The van der Waals surface area contributed by atoms with E-state index in [1.54, 1.807) is 0 Å². The van der Waals surface area contributed by atoms with Crippen LogP contribution in [0.5, 0.6) is 0 Å². The van der Waals surface area contributed by atoms with Gasteiger partial charge in [0.2, 0.25) is 0 Å². The van der Waals surface area contributed by atoms with Crippen molar-refractivity contribution in [2.75, 3.05) is 20.2 Å². The number of methoxy groups -OCH3 is 1. The number of likely N-dealkylation sites (N-methyl/N-ethyl adjacent to an activating group) is 1. The molecule has 1 aromatic rings. The molecule has 0 atom stereocenters. The van der Waals surface area contributed by atoms with E-state index in [-0.39, 0.29) is 5.97 Å². The molecule has 0 saturated heterocycles. The maximum atomic E-state index is 11.5. The van der Waals surface area contributed by atoms with Crippen molar-refractivity contribution in [1.82, 2.24) is 9.88 Å². The van der Waals surface area contributed by atoms with E-state index in [0.29, 0.717) is 6.42 Å². The van der Waals surface area contributed by atoms with Crippen LogP contribution in [-0.2, 0) is 16.1 Å². The monoisotopic (exact) mass is 276 g/mol. The molecule has 1 aromatic heterocycles. The minimum atomic E-state index is -0.239. The second-order valence-corrected chi connectivity index (χ2v) is 4.67. The van der Waals surface area contributed by atoms with Crippen LogP contribution in [0.4, 0.5) is 0 Å². The summed E-state index contributed by atoms with van der Waals surface area (Å²) >= 11 is 0. The van der Waals surface area contributed by atoms with Gasteiger partial charge in [-0.3, -0.25) is 9.88 Å². The molecule has 0 aliphatic rings. The zero-order valence-corrected chi connectivity index (χ0v) is 12.8. The molecule has 20 heavy (non-hydrogen) atoms. The first-order valence-electron chi connectivity index (χ1n) is 7.02. The minimum Gasteiger partial charge on any atom is -0.466 e. The van der Waals surface area contributed by atoms with E-state index in [1.807, 2.05) is 38.1 Å². The Hall–Kier alpha value is -1.68. The number of carbonyl (C=O) groups is 1. The first-order valence-corrected chi connectivity index (χ1v) is 7.02. The highest BCUT2D eigenvalue weighted by atomic mass is 16.5. The average Bonchev–Trinajstić information content (AvgIpc) is 2.46. The van der Waals surface area contributed by atoms with E-state index in [1.165, 1.54) is 7.11 Å². The molecule has 0 aliphatic heterocycles. The number of esters is 1. The number of rotatable bonds is 7. The van der Waals surface area contributed by atoms with Gasteiger partial charge in [-0.05, 0) is 32.0 Å². The predicted octanol–water partition coefficient (Wildman–Crippen LogP) is 2.72. The summed E-state index contributed by atoms with van der Waals surface area (Å²) in [6.07, 6.45) is 2.64. The van der Waals surface area contributed by atoms with Gasteiger partial charge in [-0.1, -0.05) is 26.0 Å². The second kappa shape index (κ2) is 8.48. The lowest BCUT2D eigenvalue weighted by Crippen LogP contribution is -2.24. The Morgan fingerprint density at radius 1 is 1.40 bits per heavy atom. The van der Waals surface area contributed by atoms with Gasteiger partial charge in [-0.25, -0.2) is 4.79 Å². The van der Waals surface area contributed by atoms with Crippen LogP contribution < -0.4 is 0 Å². The SMILES string of the molecule is CC/C(=C/CN(CC)Cc1cccc(C)n1)C(=O)OC. The summed E-state index contributed by atoms with van der Waals surface area (Å²) in [5.74, 6) is -0.239. The predicted molar refractivity (Wildman–Crippen MR) is 80.3 cm³/mol. The highest BCUT2D eigenvalue weighted by molar-refractivity contribution is 5.88. The van der Waals surface area contributed by atoms with Crippen molar-refractivity contribution in [2.45, 2.75) is 33.7 Å². The van der Waals surface area contributed by atoms with Gasteiger partial charge < -0.3 is 4.74 Å². The van der Waals surface area contributed by atoms with Crippen LogP contribution >= 0.6 is 0 Å². The number of aryl methyl sites for hydroxylation is 1. The molecule has 1 heterocycles. The maximum absolute atomic E-state index is 11.5. The summed E-state index contributed by atoms with van der Waals surface area (Å²) in [7, 11) is 1.42. The molecule has 0 radical (unpaired) electrons. The summed E-state index contributed by atoms with van der Waals surface area (Å²) in [6, 6.07) is 6.04. The maximum Gasteiger partial charge on any atom is 0.333 e. The molecule has 0 aliphatic carbocycles. The molecule has 0 fully saturated rings. The Kier molecular flexibility index (Phi) is 6.94. The Bertz CT molecular complexity index is 469. The van der Waals surface area contributed by atoms with E-state index >= 15 is 0 Å². The van der Waals surface area contributed by atoms with Gasteiger partial charge >= 0.3 is 5.97 Å². The quantitative estimate of drug-likeness (QED) is 0.567. The molecule has 1 rings (SSSR count). The summed E-state index contributed by atoms with van der Waals surface area (Å²) in [6.45, 7) is 8.47. The van der Waals surface area contributed by atoms with Gasteiger partial charge in [-0.15, -0.1) is 0 Å². The van der Waals surface area contributed by atoms with Crippen LogP contribution in [0.25, 0.3) is 0 Å². The largest absolute Gasteiger partial charge is 0.466 e. The van der Waals surface area contributed by atoms with Crippen LogP contribution in [0.2, 0.25) is 0 Å². The van der Waals surface area contributed by atoms with E-state index in [0.717, 1.165) is 36.6 Å². The number of ether oxygens (including phenoxy) is 1. The molecule has 4 nitrogen and oxygen atoms in total. The normalized spacial score (nSPS) is 11.8. The average molecular weight is 276 g/mol. The lowest BCUT2D eigenvalue weighted by atomic mass is 10.2. The van der Waals surface area contributed by atoms with Crippen molar-refractivity contribution in [3.63, 3.8) is 0 Å². The third kappa shape index (κ3) is 5.13. The van der Waals surface area contributed by atoms with Crippen LogP contribution in [0.1, 0.15) is 31.7 Å². The first kappa shape index (κ1) is 16.4. The minimum absolute atomic E-state index is 0.239. The fraction of sp³-hybridized carbons (Fsp3) is 0.500. The molecule has 4 heteroatoms. The molecule has 0 aromatic carbocycles. The highest BCUT2D eigenvalue weighted by Crippen LogP contribution is 2.07. The number of nitrogens with zero attached hydrogens (tertiary/aromatic N) is 2. The Labute approximate surface area is 121 Å². The fourth-order valence-corrected chi connectivity index (χ4v) is 1.96. The van der Waals surface area contributed by atoms with Crippen molar-refractivity contribution >= 4 is 5.97 Å². The second-order valence-electron chi connectivity index (χ2n) is 4.67. The standard InChI is InChI=1S/C16H24N2O2/c1-5-14(16(19)20-4)10-11-18(6-2)12-15-9-7-8-13(3)17-15/h7-10H,5-6,11-12H2,1-4H3/b14-10-. The van der Waals surface area contributed by atoms with Crippen molar-refractivity contribution in [2.24, 2.45) is 0 Å². The summed E-state index contributed by atoms with van der Waals surface area (Å²) in [5.41, 5.74) is 2.80. The number of hydrogen-bond acceptors (Lipinski definition) is 4. The zero-order valence-electron chi connectivity index (χ0n) is 12.8. The van der Waals surface area contributed by atoms with Gasteiger partial charge in [0.25, 0.3) is 0 Å². The van der Waals surface area contributed by atoms with Crippen molar-refractivity contribution in [3.05, 3.63) is 41.2 Å². The van der Waals surface area contributed by atoms with E-state index in [2.05, 4.69) is 16.8 Å². The van der Waals surface area contributed by atoms with E-state index in [9.17, 15) is 4.79 Å². The summed E-state index contributed by atoms with van der Waals surface area (Å²) in [4.78, 5) is 18.3. The zero-order chi connectivity index (χ0) is 15.0. The third-order valence-electron chi connectivity index (χ3n) is 3.20. The lowest BCUT2D eigenvalue weighted by Gasteiger charge is -2.18. The molecule has 0 unspecified atom stereocenters. The van der Waals surface area contributed by atoms with Gasteiger partial charge in [0.1, 0.15) is 0 Å². The first-order chi connectivity index (χ1) is 9.60. The third-order valence-corrected chi connectivity index (χ3v) is 3.20. The molecule has 0 bridgehead atoms. The van der Waals surface area contributed by atoms with Crippen molar-refractivity contribution < 1.29 is 9.53 Å². The van der Waals surface area contributed by atoms with Crippen molar-refractivity contribution in [3.8, 4) is 0 Å². The number of carbonyl (C=O) groups excluding carboxylic acids is 1. The number of hydrogen-bond donors (Lipinski definition) is 0. The molecule has 0 spiro atoms. The van der Waals surface area contributed by atoms with Gasteiger partial charge in [0, 0.05) is 24.4 Å². The number of aromatic nitrogens is 1. The highest BCUT2D eigenvalue weighted by Gasteiger charge is 2.08. The van der Waals surface area contributed by atoms with E-state index < -0.39 is 0 Å². The van der Waals surface area contributed by atoms with Crippen LogP contribution in [0.15, 0.2) is 29.8 Å². The van der Waals surface area contributed by atoms with Gasteiger partial charge in [0.15, 0.2) is 0 Å². The topological polar surface area (TPSA) is 42.4 Å². The fourth-order valence-electron chi connectivity index (χ4n) is 1.96.